The third-order valence-electron chi connectivity index (χ3n) is 5.43. The van der Waals surface area contributed by atoms with E-state index in [0.717, 1.165) is 5.75 Å². The van der Waals surface area contributed by atoms with E-state index in [-0.39, 0.29) is 0 Å². The summed E-state index contributed by atoms with van der Waals surface area (Å²) in [5.41, 5.74) is 1.00. The maximum absolute atomic E-state index is 4.26. The molecule has 18 heavy (non-hydrogen) atoms. The molecule has 0 saturated heterocycles. The van der Waals surface area contributed by atoms with Crippen LogP contribution in [0, 0.1) is 10.8 Å². The number of unbranched alkanes of at least 4 members (excludes halogenated alkanes) is 5. The summed E-state index contributed by atoms with van der Waals surface area (Å²) in [6.07, 6.45) is 12.3. The highest BCUT2D eigenvalue weighted by molar-refractivity contribution is 7.80. The fourth-order valence-corrected chi connectivity index (χ4v) is 2.98. The Balaban J connectivity index is 3.87. The van der Waals surface area contributed by atoms with Crippen molar-refractivity contribution in [2.24, 2.45) is 10.8 Å². The van der Waals surface area contributed by atoms with Crippen molar-refractivity contribution in [3.8, 4) is 0 Å². The first-order valence-corrected chi connectivity index (χ1v) is 8.67. The molecule has 0 aliphatic heterocycles. The summed E-state index contributed by atoms with van der Waals surface area (Å²) in [4.78, 5) is 0. The van der Waals surface area contributed by atoms with Crippen LogP contribution in [0.25, 0.3) is 0 Å². The van der Waals surface area contributed by atoms with Crippen LogP contribution in [0.1, 0.15) is 92.4 Å². The van der Waals surface area contributed by atoms with Crippen molar-refractivity contribution in [2.75, 3.05) is 5.75 Å². The fourth-order valence-electron chi connectivity index (χ4n) is 2.75. The molecule has 0 saturated carbocycles. The minimum atomic E-state index is 0.480. The molecule has 1 heteroatoms. The molecule has 0 aliphatic carbocycles. The molecule has 0 aromatic rings. The zero-order valence-electron chi connectivity index (χ0n) is 13.5. The quantitative estimate of drug-likeness (QED) is 0.322. The van der Waals surface area contributed by atoms with Crippen LogP contribution in [0.15, 0.2) is 0 Å². The Bertz CT molecular complexity index is 198. The van der Waals surface area contributed by atoms with Crippen LogP contribution in [-0.4, -0.2) is 5.75 Å². The number of hydrogen-bond donors (Lipinski definition) is 1. The SMILES string of the molecule is CCC(C)(C)C(C)(CC)CCCCCCCCS. The van der Waals surface area contributed by atoms with E-state index in [1.165, 1.54) is 57.8 Å². The minimum Gasteiger partial charge on any atom is -0.179 e. The maximum Gasteiger partial charge on any atom is -0.00979 e. The van der Waals surface area contributed by atoms with Gasteiger partial charge in [-0.1, -0.05) is 79.6 Å². The molecule has 0 aromatic heterocycles. The number of thiol groups is 1. The first-order chi connectivity index (χ1) is 8.43. The van der Waals surface area contributed by atoms with Gasteiger partial charge in [-0.2, -0.15) is 12.6 Å². The zero-order valence-corrected chi connectivity index (χ0v) is 14.4. The monoisotopic (exact) mass is 272 g/mol. The van der Waals surface area contributed by atoms with Gasteiger partial charge in [0, 0.05) is 0 Å². The van der Waals surface area contributed by atoms with E-state index in [4.69, 9.17) is 0 Å². The van der Waals surface area contributed by atoms with Gasteiger partial charge in [0.05, 0.1) is 0 Å². The number of rotatable bonds is 11. The predicted molar refractivity (Wildman–Crippen MR) is 88.6 cm³/mol. The second-order valence-electron chi connectivity index (χ2n) is 6.75. The average Bonchev–Trinajstić information content (AvgIpc) is 2.37. The average molecular weight is 273 g/mol. The van der Waals surface area contributed by atoms with Crippen molar-refractivity contribution in [1.29, 1.82) is 0 Å². The topological polar surface area (TPSA) is 0 Å². The molecule has 110 valence electrons. The van der Waals surface area contributed by atoms with Gasteiger partial charge in [-0.05, 0) is 29.4 Å². The lowest BCUT2D eigenvalue weighted by atomic mass is 9.61. The van der Waals surface area contributed by atoms with E-state index in [1.54, 1.807) is 0 Å². The van der Waals surface area contributed by atoms with Gasteiger partial charge < -0.3 is 0 Å². The summed E-state index contributed by atoms with van der Waals surface area (Å²) in [7, 11) is 0. The summed E-state index contributed by atoms with van der Waals surface area (Å²) >= 11 is 4.26. The van der Waals surface area contributed by atoms with Crippen LogP contribution < -0.4 is 0 Å². The molecule has 0 aliphatic rings. The summed E-state index contributed by atoms with van der Waals surface area (Å²) in [5.74, 6) is 1.05. The van der Waals surface area contributed by atoms with E-state index in [0.29, 0.717) is 10.8 Å². The molecule has 0 bridgehead atoms. The molecule has 0 fully saturated rings. The molecule has 0 N–H and O–H groups in total. The van der Waals surface area contributed by atoms with Gasteiger partial charge in [-0.3, -0.25) is 0 Å². The van der Waals surface area contributed by atoms with Crippen molar-refractivity contribution >= 4 is 12.6 Å². The summed E-state index contributed by atoms with van der Waals surface area (Å²) in [6, 6.07) is 0. The summed E-state index contributed by atoms with van der Waals surface area (Å²) < 4.78 is 0. The van der Waals surface area contributed by atoms with Crippen LogP contribution in [-0.2, 0) is 0 Å². The molecule has 1 unspecified atom stereocenters. The van der Waals surface area contributed by atoms with Gasteiger partial charge in [0.2, 0.25) is 0 Å². The lowest BCUT2D eigenvalue weighted by molar-refractivity contribution is 0.0647. The Labute approximate surface area is 122 Å². The van der Waals surface area contributed by atoms with Crippen molar-refractivity contribution in [2.45, 2.75) is 92.4 Å². The molecule has 1 atom stereocenters. The highest BCUT2D eigenvalue weighted by atomic mass is 32.1. The van der Waals surface area contributed by atoms with E-state index in [2.05, 4.69) is 47.2 Å². The Morgan fingerprint density at radius 2 is 1.22 bits per heavy atom. The first-order valence-electron chi connectivity index (χ1n) is 8.04. The van der Waals surface area contributed by atoms with Crippen molar-refractivity contribution < 1.29 is 0 Å². The Morgan fingerprint density at radius 1 is 0.722 bits per heavy atom. The largest absolute Gasteiger partial charge is 0.179 e. The molecule has 0 rings (SSSR count). The lowest BCUT2D eigenvalue weighted by Gasteiger charge is -2.44. The zero-order chi connectivity index (χ0) is 14.1. The van der Waals surface area contributed by atoms with Crippen molar-refractivity contribution in [3.05, 3.63) is 0 Å². The molecular formula is C17H36S. The van der Waals surface area contributed by atoms with Gasteiger partial charge in [-0.25, -0.2) is 0 Å². The van der Waals surface area contributed by atoms with Crippen LogP contribution in [0.4, 0.5) is 0 Å². The van der Waals surface area contributed by atoms with Crippen LogP contribution in [0.5, 0.6) is 0 Å². The summed E-state index contributed by atoms with van der Waals surface area (Å²) in [6.45, 7) is 12.1. The molecule has 0 amide bonds. The second kappa shape index (κ2) is 9.28. The highest BCUT2D eigenvalue weighted by Crippen LogP contribution is 2.47. The fraction of sp³-hybridized carbons (Fsp3) is 1.00. The molecular weight excluding hydrogens is 236 g/mol. The maximum atomic E-state index is 4.26. The highest BCUT2D eigenvalue weighted by Gasteiger charge is 2.37. The molecule has 0 aromatic carbocycles. The van der Waals surface area contributed by atoms with E-state index >= 15 is 0 Å². The van der Waals surface area contributed by atoms with Gasteiger partial charge in [-0.15, -0.1) is 0 Å². The van der Waals surface area contributed by atoms with Crippen LogP contribution in [0.3, 0.4) is 0 Å². The molecule has 0 nitrogen and oxygen atoms in total. The number of hydrogen-bond acceptors (Lipinski definition) is 1. The van der Waals surface area contributed by atoms with Gasteiger partial charge in [0.15, 0.2) is 0 Å². The Morgan fingerprint density at radius 3 is 1.67 bits per heavy atom. The third-order valence-corrected chi connectivity index (χ3v) is 5.75. The molecule has 0 spiro atoms. The van der Waals surface area contributed by atoms with Crippen molar-refractivity contribution in [3.63, 3.8) is 0 Å². The van der Waals surface area contributed by atoms with Crippen molar-refractivity contribution in [1.82, 2.24) is 0 Å². The first kappa shape index (κ1) is 18.4. The Kier molecular flexibility index (Phi) is 9.47. The predicted octanol–water partition coefficient (Wildman–Crippen LogP) is 6.50. The second-order valence-corrected chi connectivity index (χ2v) is 7.19. The van der Waals surface area contributed by atoms with E-state index in [1.807, 2.05) is 0 Å². The minimum absolute atomic E-state index is 0.480. The van der Waals surface area contributed by atoms with Gasteiger partial charge in [0.25, 0.3) is 0 Å². The third kappa shape index (κ3) is 5.99. The van der Waals surface area contributed by atoms with E-state index in [9.17, 15) is 0 Å². The van der Waals surface area contributed by atoms with Crippen LogP contribution >= 0.6 is 12.6 Å². The summed E-state index contributed by atoms with van der Waals surface area (Å²) in [5, 5.41) is 0. The standard InChI is InChI=1S/C17H36S/c1-6-16(3,4)17(5,7-2)14-12-10-8-9-11-13-15-18/h18H,6-15H2,1-5H3. The Hall–Kier alpha value is 0.350. The normalized spacial score (nSPS) is 15.7. The smallest absolute Gasteiger partial charge is 0.00979 e. The molecule has 0 heterocycles. The van der Waals surface area contributed by atoms with Gasteiger partial charge >= 0.3 is 0 Å². The van der Waals surface area contributed by atoms with E-state index < -0.39 is 0 Å². The van der Waals surface area contributed by atoms with Gasteiger partial charge in [0.1, 0.15) is 0 Å². The van der Waals surface area contributed by atoms with Crippen LogP contribution in [0.2, 0.25) is 0 Å². The lowest BCUT2D eigenvalue weighted by Crippen LogP contribution is -2.34. The molecule has 0 radical (unpaired) electrons.